The van der Waals surface area contributed by atoms with Gasteiger partial charge >= 0.3 is 0 Å². The van der Waals surface area contributed by atoms with Crippen molar-refractivity contribution in [1.29, 1.82) is 0 Å². The summed E-state index contributed by atoms with van der Waals surface area (Å²) in [5.74, 6) is 0.414. The lowest BCUT2D eigenvalue weighted by molar-refractivity contribution is 0.0999. The molecular weight excluding hydrogens is 400 g/mol. The van der Waals surface area contributed by atoms with Gasteiger partial charge in [0.25, 0.3) is 10.0 Å². The third-order valence-electron chi connectivity index (χ3n) is 3.96. The first-order valence-corrected chi connectivity index (χ1v) is 10.5. The van der Waals surface area contributed by atoms with Crippen LogP contribution in [0, 0.1) is 0 Å². The number of rotatable bonds is 8. The number of thiazole rings is 1. The molecule has 0 bridgehead atoms. The lowest BCUT2D eigenvalue weighted by Gasteiger charge is -2.21. The number of benzene rings is 2. The molecule has 0 radical (unpaired) electrons. The van der Waals surface area contributed by atoms with Crippen LogP contribution in [0.5, 0.6) is 11.5 Å². The Kier molecular flexibility index (Phi) is 5.96. The molecule has 1 heterocycles. The second-order valence-corrected chi connectivity index (χ2v) is 8.36. The number of ketones is 1. The summed E-state index contributed by atoms with van der Waals surface area (Å²) in [7, 11) is -1.02. The molecule has 7 nitrogen and oxygen atoms in total. The molecule has 3 aromatic rings. The van der Waals surface area contributed by atoms with Gasteiger partial charge in [0.1, 0.15) is 18.0 Å². The van der Waals surface area contributed by atoms with Gasteiger partial charge in [0.05, 0.1) is 24.7 Å². The molecule has 1 aromatic heterocycles. The first kappa shape index (κ1) is 19.8. The molecule has 0 unspecified atom stereocenters. The minimum atomic E-state index is -3.96. The van der Waals surface area contributed by atoms with E-state index in [2.05, 4.69) is 4.98 Å². The molecule has 2 aromatic carbocycles. The predicted octanol–water partition coefficient (Wildman–Crippen LogP) is 3.24. The Labute approximate surface area is 167 Å². The van der Waals surface area contributed by atoms with Gasteiger partial charge in [0.15, 0.2) is 10.9 Å². The van der Waals surface area contributed by atoms with Gasteiger partial charge in [0, 0.05) is 17.6 Å². The summed E-state index contributed by atoms with van der Waals surface area (Å²) in [6.45, 7) is -0.409. The van der Waals surface area contributed by atoms with Crippen LogP contribution < -0.4 is 13.8 Å². The number of carbonyl (C=O) groups excluding carboxylic acids is 1. The summed E-state index contributed by atoms with van der Waals surface area (Å²) in [6.07, 6.45) is 1.49. The Balaban J connectivity index is 1.99. The Morgan fingerprint density at radius 1 is 1.11 bits per heavy atom. The standard InChI is InChI=1S/C19H18N2O5S2/c1-25-14-8-9-16(18(12-14)26-2)17(22)13-21(19-20-10-11-27-19)28(23,24)15-6-4-3-5-7-15/h3-12H,13H2,1-2H3. The van der Waals surface area contributed by atoms with E-state index >= 15 is 0 Å². The number of hydrogen-bond donors (Lipinski definition) is 0. The quantitative estimate of drug-likeness (QED) is 0.522. The van der Waals surface area contributed by atoms with Crippen LogP contribution in [-0.2, 0) is 10.0 Å². The number of ether oxygens (including phenoxy) is 2. The molecule has 0 fully saturated rings. The van der Waals surface area contributed by atoms with Crippen molar-refractivity contribution in [3.8, 4) is 11.5 Å². The minimum Gasteiger partial charge on any atom is -0.497 e. The highest BCUT2D eigenvalue weighted by Gasteiger charge is 2.30. The largest absolute Gasteiger partial charge is 0.497 e. The van der Waals surface area contributed by atoms with E-state index in [-0.39, 0.29) is 15.6 Å². The first-order valence-electron chi connectivity index (χ1n) is 8.20. The number of nitrogens with zero attached hydrogens (tertiary/aromatic N) is 2. The highest BCUT2D eigenvalue weighted by molar-refractivity contribution is 7.93. The number of methoxy groups -OCH3 is 2. The molecule has 0 spiro atoms. The molecule has 28 heavy (non-hydrogen) atoms. The van der Waals surface area contributed by atoms with Gasteiger partial charge in [-0.1, -0.05) is 18.2 Å². The summed E-state index contributed by atoms with van der Waals surface area (Å²) in [5.41, 5.74) is 0.258. The van der Waals surface area contributed by atoms with Crippen molar-refractivity contribution in [2.45, 2.75) is 4.90 Å². The fraction of sp³-hybridized carbons (Fsp3) is 0.158. The Morgan fingerprint density at radius 3 is 2.46 bits per heavy atom. The number of Topliss-reactive ketones (excluding diaryl/α,β-unsaturated/α-hetero) is 1. The maximum absolute atomic E-state index is 13.1. The molecule has 0 N–H and O–H groups in total. The zero-order chi connectivity index (χ0) is 20.1. The summed E-state index contributed by atoms with van der Waals surface area (Å²) < 4.78 is 37.7. The van der Waals surface area contributed by atoms with Gasteiger partial charge in [0.2, 0.25) is 0 Å². The van der Waals surface area contributed by atoms with Crippen molar-refractivity contribution in [2.75, 3.05) is 25.1 Å². The number of anilines is 1. The van der Waals surface area contributed by atoms with Gasteiger partial charge in [-0.05, 0) is 24.3 Å². The van der Waals surface area contributed by atoms with E-state index < -0.39 is 22.4 Å². The van der Waals surface area contributed by atoms with Crippen LogP contribution in [0.4, 0.5) is 5.13 Å². The Morgan fingerprint density at radius 2 is 1.86 bits per heavy atom. The van der Waals surface area contributed by atoms with Gasteiger partial charge in [-0.25, -0.2) is 17.7 Å². The molecular formula is C19H18N2O5S2. The molecule has 0 amide bonds. The maximum atomic E-state index is 13.1. The van der Waals surface area contributed by atoms with Gasteiger partial charge in [-0.15, -0.1) is 11.3 Å². The first-order chi connectivity index (χ1) is 13.5. The van der Waals surface area contributed by atoms with Gasteiger partial charge < -0.3 is 9.47 Å². The summed E-state index contributed by atoms with van der Waals surface area (Å²) >= 11 is 1.14. The second kappa shape index (κ2) is 8.41. The van der Waals surface area contributed by atoms with E-state index in [4.69, 9.17) is 9.47 Å². The summed E-state index contributed by atoms with van der Waals surface area (Å²) in [6, 6.07) is 12.7. The van der Waals surface area contributed by atoms with Crippen LogP contribution in [0.2, 0.25) is 0 Å². The van der Waals surface area contributed by atoms with E-state index in [0.29, 0.717) is 11.5 Å². The molecule has 3 rings (SSSR count). The van der Waals surface area contributed by atoms with Crippen LogP contribution in [-0.4, -0.2) is 39.9 Å². The van der Waals surface area contributed by atoms with Crippen molar-refractivity contribution in [3.63, 3.8) is 0 Å². The van der Waals surface area contributed by atoms with Crippen molar-refractivity contribution in [3.05, 3.63) is 65.7 Å². The van der Waals surface area contributed by atoms with Crippen LogP contribution >= 0.6 is 11.3 Å². The number of aromatic nitrogens is 1. The van der Waals surface area contributed by atoms with Gasteiger partial charge in [-0.2, -0.15) is 0 Å². The molecule has 146 valence electrons. The third kappa shape index (κ3) is 4.00. The molecule has 0 saturated carbocycles. The van der Waals surface area contributed by atoms with Crippen molar-refractivity contribution < 1.29 is 22.7 Å². The minimum absolute atomic E-state index is 0.0831. The van der Waals surface area contributed by atoms with Crippen LogP contribution in [0.1, 0.15) is 10.4 Å². The SMILES string of the molecule is COc1ccc(C(=O)CN(c2nccs2)S(=O)(=O)c2ccccc2)c(OC)c1. The van der Waals surface area contributed by atoms with Crippen molar-refractivity contribution >= 4 is 32.3 Å². The normalized spacial score (nSPS) is 11.1. The fourth-order valence-electron chi connectivity index (χ4n) is 2.56. The monoisotopic (exact) mass is 418 g/mol. The smallest absolute Gasteiger partial charge is 0.266 e. The van der Waals surface area contributed by atoms with E-state index in [0.717, 1.165) is 15.6 Å². The molecule has 0 aliphatic carbocycles. The van der Waals surface area contributed by atoms with Crippen molar-refractivity contribution in [2.24, 2.45) is 0 Å². The molecule has 0 atom stereocenters. The lowest BCUT2D eigenvalue weighted by atomic mass is 10.1. The van der Waals surface area contributed by atoms with E-state index in [1.165, 1.54) is 32.5 Å². The average molecular weight is 418 g/mol. The molecule has 9 heteroatoms. The van der Waals surface area contributed by atoms with Crippen LogP contribution in [0.3, 0.4) is 0 Å². The zero-order valence-electron chi connectivity index (χ0n) is 15.2. The zero-order valence-corrected chi connectivity index (χ0v) is 16.9. The second-order valence-electron chi connectivity index (χ2n) is 5.63. The highest BCUT2D eigenvalue weighted by Crippen LogP contribution is 2.29. The van der Waals surface area contributed by atoms with E-state index in [1.54, 1.807) is 41.8 Å². The number of sulfonamides is 1. The molecule has 0 saturated heterocycles. The Hall–Kier alpha value is -2.91. The van der Waals surface area contributed by atoms with E-state index in [1.807, 2.05) is 0 Å². The summed E-state index contributed by atoms with van der Waals surface area (Å²) in [4.78, 5) is 17.1. The van der Waals surface area contributed by atoms with Gasteiger partial charge in [-0.3, -0.25) is 4.79 Å². The summed E-state index contributed by atoms with van der Waals surface area (Å²) in [5, 5.41) is 1.87. The van der Waals surface area contributed by atoms with E-state index in [9.17, 15) is 13.2 Å². The Bertz CT molecular complexity index is 1050. The fourth-order valence-corrected chi connectivity index (χ4v) is 4.82. The highest BCUT2D eigenvalue weighted by atomic mass is 32.2. The van der Waals surface area contributed by atoms with Crippen molar-refractivity contribution in [1.82, 2.24) is 4.98 Å². The molecule has 0 aliphatic heterocycles. The van der Waals surface area contributed by atoms with Crippen LogP contribution in [0.25, 0.3) is 0 Å². The average Bonchev–Trinajstić information content (AvgIpc) is 3.26. The number of hydrogen-bond acceptors (Lipinski definition) is 7. The predicted molar refractivity (Wildman–Crippen MR) is 107 cm³/mol. The van der Waals surface area contributed by atoms with Crippen LogP contribution in [0.15, 0.2) is 65.0 Å². The molecule has 0 aliphatic rings. The number of carbonyl (C=O) groups is 1. The topological polar surface area (TPSA) is 85.8 Å². The lowest BCUT2D eigenvalue weighted by Crippen LogP contribution is -2.36. The maximum Gasteiger partial charge on any atom is 0.266 e. The third-order valence-corrected chi connectivity index (χ3v) is 6.62.